The molecule has 4 rings (SSSR count). The summed E-state index contributed by atoms with van der Waals surface area (Å²) in [5.74, 6) is 0.505. The summed E-state index contributed by atoms with van der Waals surface area (Å²) in [6, 6.07) is 11.2. The number of aromatic nitrogens is 2. The number of likely N-dealkylation sites (tertiary alicyclic amines) is 1. The van der Waals surface area contributed by atoms with Gasteiger partial charge in [0.2, 0.25) is 0 Å². The quantitative estimate of drug-likeness (QED) is 0.722. The molecule has 2 aliphatic rings. The molecule has 2 aromatic rings. The molecule has 154 valence electrons. The van der Waals surface area contributed by atoms with Crippen LogP contribution in [0.2, 0.25) is 0 Å². The summed E-state index contributed by atoms with van der Waals surface area (Å²) in [5.41, 5.74) is 3.60. The number of nitrogens with zero attached hydrogens (tertiary/aromatic N) is 4. The summed E-state index contributed by atoms with van der Waals surface area (Å²) in [4.78, 5) is 17.6. The summed E-state index contributed by atoms with van der Waals surface area (Å²) >= 11 is 0. The molecule has 6 heteroatoms. The highest BCUT2D eigenvalue weighted by atomic mass is 16.5. The first-order chi connectivity index (χ1) is 14.2. The number of benzene rings is 1. The molecule has 1 aromatic heterocycles. The van der Waals surface area contributed by atoms with Crippen molar-refractivity contribution in [2.75, 3.05) is 39.9 Å². The Labute approximate surface area is 172 Å². The first kappa shape index (κ1) is 20.0. The lowest BCUT2D eigenvalue weighted by molar-refractivity contribution is 0.0573. The van der Waals surface area contributed by atoms with Gasteiger partial charge in [0.1, 0.15) is 0 Å². The Morgan fingerprint density at radius 1 is 1.21 bits per heavy atom. The van der Waals surface area contributed by atoms with Gasteiger partial charge in [-0.1, -0.05) is 24.3 Å². The van der Waals surface area contributed by atoms with E-state index in [4.69, 9.17) is 4.74 Å². The Morgan fingerprint density at radius 3 is 2.69 bits per heavy atom. The van der Waals surface area contributed by atoms with Gasteiger partial charge in [-0.15, -0.1) is 0 Å². The molecule has 0 N–H and O–H groups in total. The van der Waals surface area contributed by atoms with Crippen LogP contribution in [0.3, 0.4) is 0 Å². The average Bonchev–Trinajstić information content (AvgIpc) is 3.21. The van der Waals surface area contributed by atoms with E-state index < -0.39 is 0 Å². The van der Waals surface area contributed by atoms with Crippen LogP contribution in [0.1, 0.15) is 34.3 Å². The van der Waals surface area contributed by atoms with Crippen molar-refractivity contribution < 1.29 is 9.53 Å². The molecule has 29 heavy (non-hydrogen) atoms. The van der Waals surface area contributed by atoms with Gasteiger partial charge in [0.05, 0.1) is 24.6 Å². The van der Waals surface area contributed by atoms with E-state index in [1.807, 2.05) is 4.90 Å². The standard InChI is InChI=1S/C23H30N4O2/c1-29-12-11-27(23(28)21-8-9-24-25-15-21)17-18-5-4-10-26(16-18)22-13-19-6-2-3-7-20(19)14-22/h2-3,6-9,15,18,22H,4-5,10-14,16-17H2,1H3/t18-/m0/s1. The van der Waals surface area contributed by atoms with Crippen LogP contribution in [-0.2, 0) is 17.6 Å². The first-order valence-electron chi connectivity index (χ1n) is 10.6. The van der Waals surface area contributed by atoms with Crippen LogP contribution in [0.4, 0.5) is 0 Å². The zero-order valence-electron chi connectivity index (χ0n) is 17.2. The highest BCUT2D eigenvalue weighted by Gasteiger charge is 2.31. The summed E-state index contributed by atoms with van der Waals surface area (Å²) in [6.07, 6.45) is 7.78. The fraction of sp³-hybridized carbons (Fsp3) is 0.522. The number of hydrogen-bond donors (Lipinski definition) is 0. The molecule has 1 aliphatic heterocycles. The number of carbonyl (C=O) groups is 1. The monoisotopic (exact) mass is 394 g/mol. The molecular formula is C23H30N4O2. The number of hydrogen-bond acceptors (Lipinski definition) is 5. The molecule has 0 spiro atoms. The second-order valence-electron chi connectivity index (χ2n) is 8.21. The van der Waals surface area contributed by atoms with E-state index in [1.165, 1.54) is 24.0 Å². The SMILES string of the molecule is COCCN(C[C@H]1CCCN(C2Cc3ccccc3C2)C1)C(=O)c1ccnnc1. The lowest BCUT2D eigenvalue weighted by Crippen LogP contribution is -2.47. The fourth-order valence-corrected chi connectivity index (χ4v) is 4.76. The number of piperidine rings is 1. The van der Waals surface area contributed by atoms with Gasteiger partial charge in [-0.3, -0.25) is 9.69 Å². The Morgan fingerprint density at radius 2 is 2.00 bits per heavy atom. The maximum atomic E-state index is 13.0. The van der Waals surface area contributed by atoms with E-state index in [0.29, 0.717) is 30.7 Å². The van der Waals surface area contributed by atoms with Crippen molar-refractivity contribution in [2.45, 2.75) is 31.7 Å². The maximum Gasteiger partial charge on any atom is 0.255 e. The van der Waals surface area contributed by atoms with Gasteiger partial charge < -0.3 is 9.64 Å². The van der Waals surface area contributed by atoms with Crippen LogP contribution >= 0.6 is 0 Å². The van der Waals surface area contributed by atoms with E-state index in [2.05, 4.69) is 39.4 Å². The minimum Gasteiger partial charge on any atom is -0.383 e. The summed E-state index contributed by atoms with van der Waals surface area (Å²) in [6.45, 7) is 4.13. The van der Waals surface area contributed by atoms with E-state index in [1.54, 1.807) is 25.6 Å². The van der Waals surface area contributed by atoms with Crippen molar-refractivity contribution in [3.05, 3.63) is 59.4 Å². The molecule has 1 amide bonds. The molecule has 0 bridgehead atoms. The van der Waals surface area contributed by atoms with Gasteiger partial charge in [-0.05, 0) is 55.3 Å². The Bertz CT molecular complexity index is 789. The van der Waals surface area contributed by atoms with Crippen LogP contribution in [0.5, 0.6) is 0 Å². The Kier molecular flexibility index (Phi) is 6.52. The van der Waals surface area contributed by atoms with Crippen LogP contribution < -0.4 is 0 Å². The molecule has 1 atom stereocenters. The fourth-order valence-electron chi connectivity index (χ4n) is 4.76. The van der Waals surface area contributed by atoms with Crippen molar-refractivity contribution >= 4 is 5.91 Å². The molecule has 0 unspecified atom stereocenters. The van der Waals surface area contributed by atoms with Crippen LogP contribution in [0, 0.1) is 5.92 Å². The number of fused-ring (bicyclic) bond motifs is 1. The third-order valence-electron chi connectivity index (χ3n) is 6.26. The Balaban J connectivity index is 1.39. The largest absolute Gasteiger partial charge is 0.383 e. The molecule has 1 aliphatic carbocycles. The van der Waals surface area contributed by atoms with Crippen LogP contribution in [-0.4, -0.2) is 71.8 Å². The number of amides is 1. The summed E-state index contributed by atoms with van der Waals surface area (Å²) in [7, 11) is 1.68. The minimum absolute atomic E-state index is 0.0161. The maximum absolute atomic E-state index is 13.0. The van der Waals surface area contributed by atoms with Crippen molar-refractivity contribution in [3.63, 3.8) is 0 Å². The molecule has 6 nitrogen and oxygen atoms in total. The molecule has 1 saturated heterocycles. The molecule has 1 aromatic carbocycles. The number of carbonyl (C=O) groups excluding carboxylic acids is 1. The van der Waals surface area contributed by atoms with Crippen molar-refractivity contribution in [1.82, 2.24) is 20.0 Å². The third kappa shape index (κ3) is 4.82. The van der Waals surface area contributed by atoms with Crippen LogP contribution in [0.25, 0.3) is 0 Å². The molecule has 1 fully saturated rings. The minimum atomic E-state index is 0.0161. The molecule has 0 radical (unpaired) electrons. The van der Waals surface area contributed by atoms with Crippen molar-refractivity contribution in [3.8, 4) is 0 Å². The van der Waals surface area contributed by atoms with Gasteiger partial charge in [-0.25, -0.2) is 0 Å². The second-order valence-corrected chi connectivity index (χ2v) is 8.21. The van der Waals surface area contributed by atoms with Gasteiger partial charge in [0.15, 0.2) is 0 Å². The zero-order valence-corrected chi connectivity index (χ0v) is 17.2. The first-order valence-corrected chi connectivity index (χ1v) is 10.6. The average molecular weight is 395 g/mol. The van der Waals surface area contributed by atoms with Gasteiger partial charge in [0.25, 0.3) is 5.91 Å². The highest BCUT2D eigenvalue weighted by molar-refractivity contribution is 5.93. The van der Waals surface area contributed by atoms with Crippen LogP contribution in [0.15, 0.2) is 42.7 Å². The van der Waals surface area contributed by atoms with Crippen molar-refractivity contribution in [1.29, 1.82) is 0 Å². The number of methoxy groups -OCH3 is 1. The molecular weight excluding hydrogens is 364 g/mol. The van der Waals surface area contributed by atoms with E-state index in [0.717, 1.165) is 32.5 Å². The molecule has 2 heterocycles. The van der Waals surface area contributed by atoms with Crippen molar-refractivity contribution in [2.24, 2.45) is 5.92 Å². The number of rotatable bonds is 7. The van der Waals surface area contributed by atoms with E-state index in [-0.39, 0.29) is 5.91 Å². The molecule has 0 saturated carbocycles. The third-order valence-corrected chi connectivity index (χ3v) is 6.26. The van der Waals surface area contributed by atoms with E-state index in [9.17, 15) is 4.79 Å². The highest BCUT2D eigenvalue weighted by Crippen LogP contribution is 2.29. The second kappa shape index (κ2) is 9.46. The van der Waals surface area contributed by atoms with Gasteiger partial charge in [-0.2, -0.15) is 10.2 Å². The lowest BCUT2D eigenvalue weighted by Gasteiger charge is -2.38. The predicted molar refractivity (Wildman–Crippen MR) is 112 cm³/mol. The normalized spacial score (nSPS) is 19.8. The predicted octanol–water partition coefficient (Wildman–Crippen LogP) is 2.44. The lowest BCUT2D eigenvalue weighted by atomic mass is 9.95. The summed E-state index contributed by atoms with van der Waals surface area (Å²) in [5, 5.41) is 7.65. The Hall–Kier alpha value is -2.31. The van der Waals surface area contributed by atoms with Gasteiger partial charge >= 0.3 is 0 Å². The number of ether oxygens (including phenoxy) is 1. The van der Waals surface area contributed by atoms with Gasteiger partial charge in [0, 0.05) is 32.8 Å². The zero-order chi connectivity index (χ0) is 20.1. The van der Waals surface area contributed by atoms with E-state index >= 15 is 0 Å². The smallest absolute Gasteiger partial charge is 0.255 e. The topological polar surface area (TPSA) is 58.6 Å². The summed E-state index contributed by atoms with van der Waals surface area (Å²) < 4.78 is 5.25.